The fraction of sp³-hybridized carbons (Fsp3) is 0.385. The molecule has 0 fully saturated rings. The van der Waals surface area contributed by atoms with E-state index in [0.29, 0.717) is 6.61 Å². The third-order valence-electron chi connectivity index (χ3n) is 2.06. The van der Waals surface area contributed by atoms with Crippen molar-refractivity contribution in [3.63, 3.8) is 0 Å². The molecule has 0 spiro atoms. The van der Waals surface area contributed by atoms with Crippen LogP contribution in [0, 0.1) is 0 Å². The molecular formula is C13H19NO. The molecule has 2 nitrogen and oxygen atoms in total. The smallest absolute Gasteiger partial charge is 0.121 e. The van der Waals surface area contributed by atoms with E-state index in [4.69, 9.17) is 4.74 Å². The molecule has 1 aromatic rings. The molecule has 0 amide bonds. The van der Waals surface area contributed by atoms with Crippen molar-refractivity contribution < 1.29 is 4.74 Å². The molecule has 0 aromatic heterocycles. The number of nitrogens with one attached hydrogen (secondary N) is 1. The minimum absolute atomic E-state index is 0.708. The van der Waals surface area contributed by atoms with Crippen LogP contribution in [0.5, 0.6) is 5.75 Å². The second-order valence-corrected chi connectivity index (χ2v) is 3.32. The predicted octanol–water partition coefficient (Wildman–Crippen LogP) is 3.46. The molecule has 0 aliphatic carbocycles. The average molecular weight is 205 g/mol. The van der Waals surface area contributed by atoms with Gasteiger partial charge in [-0.05, 0) is 31.9 Å². The number of rotatable bonds is 7. The Morgan fingerprint density at radius 1 is 1.47 bits per heavy atom. The number of allylic oxidation sites excluding steroid dienone is 1. The van der Waals surface area contributed by atoms with E-state index in [1.54, 1.807) is 0 Å². The van der Waals surface area contributed by atoms with Crippen LogP contribution in [0.4, 0.5) is 5.69 Å². The molecule has 0 aliphatic heterocycles. The summed E-state index contributed by atoms with van der Waals surface area (Å²) < 4.78 is 5.42. The van der Waals surface area contributed by atoms with Crippen LogP contribution >= 0.6 is 0 Å². The lowest BCUT2D eigenvalue weighted by Crippen LogP contribution is -2.01. The Morgan fingerprint density at radius 2 is 2.33 bits per heavy atom. The van der Waals surface area contributed by atoms with Crippen LogP contribution in [0.2, 0.25) is 0 Å². The first-order valence-corrected chi connectivity index (χ1v) is 5.44. The zero-order valence-corrected chi connectivity index (χ0v) is 9.33. The van der Waals surface area contributed by atoms with Gasteiger partial charge < -0.3 is 10.1 Å². The molecule has 15 heavy (non-hydrogen) atoms. The summed E-state index contributed by atoms with van der Waals surface area (Å²) in [5, 5.41) is 3.35. The molecule has 1 rings (SSSR count). The summed E-state index contributed by atoms with van der Waals surface area (Å²) >= 11 is 0. The lowest BCUT2D eigenvalue weighted by atomic mass is 10.2. The molecule has 0 saturated carbocycles. The Bertz CT molecular complexity index is 296. The second-order valence-electron chi connectivity index (χ2n) is 3.32. The fourth-order valence-electron chi connectivity index (χ4n) is 1.34. The van der Waals surface area contributed by atoms with Crippen molar-refractivity contribution >= 4 is 5.69 Å². The van der Waals surface area contributed by atoms with E-state index >= 15 is 0 Å². The van der Waals surface area contributed by atoms with Gasteiger partial charge in [-0.2, -0.15) is 0 Å². The third-order valence-corrected chi connectivity index (χ3v) is 2.06. The van der Waals surface area contributed by atoms with Gasteiger partial charge in [-0.15, -0.1) is 6.58 Å². The number of anilines is 1. The molecule has 0 unspecified atom stereocenters. The first-order valence-electron chi connectivity index (χ1n) is 5.44. The largest absolute Gasteiger partial charge is 0.494 e. The van der Waals surface area contributed by atoms with Crippen LogP contribution in [0.25, 0.3) is 0 Å². The van der Waals surface area contributed by atoms with E-state index in [0.717, 1.165) is 30.8 Å². The summed E-state index contributed by atoms with van der Waals surface area (Å²) in [5.41, 5.74) is 1.12. The predicted molar refractivity (Wildman–Crippen MR) is 65.5 cm³/mol. The molecule has 1 N–H and O–H groups in total. The Morgan fingerprint density at radius 3 is 3.07 bits per heavy atom. The fourth-order valence-corrected chi connectivity index (χ4v) is 1.34. The van der Waals surface area contributed by atoms with Crippen molar-refractivity contribution in [1.82, 2.24) is 0 Å². The van der Waals surface area contributed by atoms with Gasteiger partial charge in [0.15, 0.2) is 0 Å². The summed E-state index contributed by atoms with van der Waals surface area (Å²) in [6.45, 7) is 7.37. The molecular weight excluding hydrogens is 186 g/mol. The zero-order chi connectivity index (χ0) is 10.9. The van der Waals surface area contributed by atoms with Crippen LogP contribution in [0.3, 0.4) is 0 Å². The highest BCUT2D eigenvalue weighted by molar-refractivity contribution is 5.48. The van der Waals surface area contributed by atoms with E-state index < -0.39 is 0 Å². The zero-order valence-electron chi connectivity index (χ0n) is 9.33. The van der Waals surface area contributed by atoms with Gasteiger partial charge in [0, 0.05) is 18.3 Å². The van der Waals surface area contributed by atoms with E-state index in [9.17, 15) is 0 Å². The van der Waals surface area contributed by atoms with E-state index in [-0.39, 0.29) is 0 Å². The van der Waals surface area contributed by atoms with Crippen LogP contribution in [-0.4, -0.2) is 13.2 Å². The van der Waals surface area contributed by atoms with Gasteiger partial charge in [0.05, 0.1) is 6.61 Å². The third kappa shape index (κ3) is 4.54. The van der Waals surface area contributed by atoms with Gasteiger partial charge in [-0.3, -0.25) is 0 Å². The maximum atomic E-state index is 5.42. The summed E-state index contributed by atoms with van der Waals surface area (Å²) in [6.07, 6.45) is 4.11. The monoisotopic (exact) mass is 205 g/mol. The minimum Gasteiger partial charge on any atom is -0.494 e. The minimum atomic E-state index is 0.708. The van der Waals surface area contributed by atoms with Crippen molar-refractivity contribution in [2.24, 2.45) is 0 Å². The lowest BCUT2D eigenvalue weighted by Gasteiger charge is -2.08. The number of unbranched alkanes of at least 4 members (excludes halogenated alkanes) is 1. The van der Waals surface area contributed by atoms with E-state index in [2.05, 4.69) is 18.0 Å². The van der Waals surface area contributed by atoms with Crippen molar-refractivity contribution in [1.29, 1.82) is 0 Å². The number of hydrogen-bond donors (Lipinski definition) is 1. The number of benzene rings is 1. The normalized spacial score (nSPS) is 9.67. The van der Waals surface area contributed by atoms with Gasteiger partial charge in [-0.1, -0.05) is 12.1 Å². The van der Waals surface area contributed by atoms with Gasteiger partial charge in [0.1, 0.15) is 5.75 Å². The van der Waals surface area contributed by atoms with Crippen LogP contribution in [0.1, 0.15) is 19.8 Å². The Labute approximate surface area is 92.0 Å². The maximum Gasteiger partial charge on any atom is 0.121 e. The SMILES string of the molecule is C=CCCCNc1cccc(OCC)c1. The van der Waals surface area contributed by atoms with Crippen molar-refractivity contribution in [3.05, 3.63) is 36.9 Å². The van der Waals surface area contributed by atoms with Crippen molar-refractivity contribution in [2.45, 2.75) is 19.8 Å². The molecule has 0 aliphatic rings. The summed E-state index contributed by atoms with van der Waals surface area (Å²) in [7, 11) is 0. The van der Waals surface area contributed by atoms with Crippen LogP contribution < -0.4 is 10.1 Å². The Balaban J connectivity index is 2.39. The quantitative estimate of drug-likeness (QED) is 0.543. The topological polar surface area (TPSA) is 21.3 Å². The van der Waals surface area contributed by atoms with Crippen molar-refractivity contribution in [2.75, 3.05) is 18.5 Å². The lowest BCUT2D eigenvalue weighted by molar-refractivity contribution is 0.340. The first-order chi connectivity index (χ1) is 7.36. The van der Waals surface area contributed by atoms with Crippen molar-refractivity contribution in [3.8, 4) is 5.75 Å². The standard InChI is InChI=1S/C13H19NO/c1-3-5-6-10-14-12-8-7-9-13(11-12)15-4-2/h3,7-9,11,14H,1,4-6,10H2,2H3. The van der Waals surface area contributed by atoms with Gasteiger partial charge in [0.2, 0.25) is 0 Å². The number of ether oxygens (including phenoxy) is 1. The number of hydrogen-bond acceptors (Lipinski definition) is 2. The van der Waals surface area contributed by atoms with E-state index in [1.165, 1.54) is 0 Å². The highest BCUT2D eigenvalue weighted by Crippen LogP contribution is 2.17. The molecule has 0 atom stereocenters. The van der Waals surface area contributed by atoms with Gasteiger partial charge >= 0.3 is 0 Å². The Kier molecular flexibility index (Phi) is 5.38. The van der Waals surface area contributed by atoms with E-state index in [1.807, 2.05) is 31.2 Å². The molecule has 82 valence electrons. The van der Waals surface area contributed by atoms with Gasteiger partial charge in [-0.25, -0.2) is 0 Å². The summed E-state index contributed by atoms with van der Waals surface area (Å²) in [5.74, 6) is 0.922. The molecule has 0 radical (unpaired) electrons. The maximum absolute atomic E-state index is 5.42. The van der Waals surface area contributed by atoms with Crippen LogP contribution in [-0.2, 0) is 0 Å². The Hall–Kier alpha value is -1.44. The highest BCUT2D eigenvalue weighted by Gasteiger charge is 1.94. The van der Waals surface area contributed by atoms with Crippen LogP contribution in [0.15, 0.2) is 36.9 Å². The second kappa shape index (κ2) is 6.93. The summed E-state index contributed by atoms with van der Waals surface area (Å²) in [6, 6.07) is 8.05. The molecule has 2 heteroatoms. The average Bonchev–Trinajstić information content (AvgIpc) is 2.26. The molecule has 0 heterocycles. The first kappa shape index (κ1) is 11.6. The van der Waals surface area contributed by atoms with Gasteiger partial charge in [0.25, 0.3) is 0 Å². The molecule has 1 aromatic carbocycles. The highest BCUT2D eigenvalue weighted by atomic mass is 16.5. The summed E-state index contributed by atoms with van der Waals surface area (Å²) in [4.78, 5) is 0. The molecule has 0 bridgehead atoms. The molecule has 0 saturated heterocycles.